The Labute approximate surface area is 246 Å². The fourth-order valence-corrected chi connectivity index (χ4v) is 6.62. The van der Waals surface area contributed by atoms with Gasteiger partial charge < -0.3 is 55.7 Å². The number of ether oxygens (including phenoxy) is 2. The highest BCUT2D eigenvalue weighted by atomic mass is 31.3. The van der Waals surface area contributed by atoms with Crippen molar-refractivity contribution < 1.29 is 71.5 Å². The van der Waals surface area contributed by atoms with Crippen LogP contribution in [0.4, 0.5) is 5.82 Å². The van der Waals surface area contributed by atoms with Crippen LogP contribution in [0.5, 0.6) is 0 Å². The Morgan fingerprint density at radius 2 is 1.73 bits per heavy atom. The summed E-state index contributed by atoms with van der Waals surface area (Å²) in [7, 11) is -11.0. The lowest BCUT2D eigenvalue weighted by Crippen LogP contribution is -2.46. The molecule has 44 heavy (non-hydrogen) atoms. The van der Waals surface area contributed by atoms with Gasteiger partial charge in [-0.25, -0.2) is 23.8 Å². The summed E-state index contributed by atoms with van der Waals surface area (Å²) in [5.41, 5.74) is 11.4. The Hall–Kier alpha value is -3.01. The number of primary amides is 1. The van der Waals surface area contributed by atoms with Gasteiger partial charge in [0.25, 0.3) is 20.0 Å². The number of anilines is 1. The predicted molar refractivity (Wildman–Crippen MR) is 137 cm³/mol. The zero-order valence-corrected chi connectivity index (χ0v) is 24.0. The Morgan fingerprint density at radius 1 is 1.05 bits per heavy atom. The molecule has 2 saturated heterocycles. The van der Waals surface area contributed by atoms with Gasteiger partial charge in [0.2, 0.25) is 0 Å². The van der Waals surface area contributed by atoms with Gasteiger partial charge >= 0.3 is 7.82 Å². The van der Waals surface area contributed by atoms with Crippen molar-refractivity contribution in [3.63, 3.8) is 0 Å². The number of nitrogens with zero attached hydrogens (tertiary/aromatic N) is 5. The van der Waals surface area contributed by atoms with Gasteiger partial charge in [-0.15, -0.1) is 0 Å². The lowest BCUT2D eigenvalue weighted by Gasteiger charge is -2.26. The van der Waals surface area contributed by atoms with Gasteiger partial charge in [0.15, 0.2) is 36.2 Å². The van der Waals surface area contributed by atoms with E-state index in [4.69, 9.17) is 20.9 Å². The van der Waals surface area contributed by atoms with E-state index in [9.17, 15) is 44.1 Å². The molecule has 3 aromatic rings. The predicted octanol–water partition coefficient (Wildman–Crippen LogP) is -3.65. The monoisotopic (exact) mass is 663 g/mol. The van der Waals surface area contributed by atoms with Crippen molar-refractivity contribution in [1.82, 2.24) is 19.5 Å². The number of aliphatic hydroxyl groups excluding tert-OH is 4. The number of aromatic nitrogens is 5. The minimum Gasteiger partial charge on any atom is -0.756 e. The van der Waals surface area contributed by atoms with Crippen LogP contribution in [0.25, 0.3) is 11.2 Å². The number of hydrogen-bond donors (Lipinski definition) is 7. The van der Waals surface area contributed by atoms with Crippen LogP contribution >= 0.6 is 15.6 Å². The van der Waals surface area contributed by atoms with E-state index in [2.05, 4.69) is 28.3 Å². The summed E-state index contributed by atoms with van der Waals surface area (Å²) in [6, 6.07) is 2.82. The van der Waals surface area contributed by atoms with Crippen LogP contribution in [0.1, 0.15) is 22.8 Å². The average molecular weight is 663 g/mol. The maximum absolute atomic E-state index is 12.4. The minimum atomic E-state index is -5.62. The molecule has 5 rings (SSSR count). The van der Waals surface area contributed by atoms with E-state index in [1.807, 2.05) is 0 Å². The highest BCUT2D eigenvalue weighted by Crippen LogP contribution is 2.58. The molecule has 9 N–H and O–H groups in total. The van der Waals surface area contributed by atoms with Gasteiger partial charge in [-0.2, -0.15) is 4.57 Å². The maximum Gasteiger partial charge on any atom is 0.478 e. The van der Waals surface area contributed by atoms with Crippen LogP contribution in [0.3, 0.4) is 0 Å². The first kappa shape index (κ1) is 32.4. The second-order valence-electron chi connectivity index (χ2n) is 9.67. The second-order valence-corrected chi connectivity index (χ2v) is 12.7. The molecule has 0 spiro atoms. The fourth-order valence-electron chi connectivity index (χ4n) is 4.57. The van der Waals surface area contributed by atoms with Crippen molar-refractivity contribution in [1.29, 1.82) is 0 Å². The molecule has 2 aliphatic heterocycles. The number of carbonyl (C=O) groups is 1. The Bertz CT molecular complexity index is 1630. The molecule has 10 atom stereocenters. The number of aliphatic hydroxyl groups is 4. The third-order valence-corrected chi connectivity index (χ3v) is 9.30. The molecule has 0 saturated carbocycles. The van der Waals surface area contributed by atoms with Gasteiger partial charge in [-0.1, -0.05) is 0 Å². The van der Waals surface area contributed by atoms with Crippen LogP contribution in [0.15, 0.2) is 37.2 Å². The molecule has 0 aliphatic carbocycles. The molecule has 0 bridgehead atoms. The van der Waals surface area contributed by atoms with Gasteiger partial charge in [-0.3, -0.25) is 18.5 Å². The van der Waals surface area contributed by atoms with E-state index in [1.54, 1.807) is 0 Å². The summed E-state index contributed by atoms with van der Waals surface area (Å²) in [6.45, 7) is -1.89. The van der Waals surface area contributed by atoms with Crippen molar-refractivity contribution in [3.05, 3.63) is 42.7 Å². The molecule has 0 aromatic carbocycles. The smallest absolute Gasteiger partial charge is 0.478 e. The summed E-state index contributed by atoms with van der Waals surface area (Å²) in [5, 5.41) is 41.6. The van der Waals surface area contributed by atoms with E-state index in [1.165, 1.54) is 40.0 Å². The Balaban J connectivity index is 1.16. The van der Waals surface area contributed by atoms with Crippen LogP contribution in [0.2, 0.25) is 0 Å². The number of rotatable bonds is 11. The number of imidazole rings is 1. The molecular weight excluding hydrogens is 636 g/mol. The topological polar surface area (TPSA) is 321 Å². The molecule has 240 valence electrons. The largest absolute Gasteiger partial charge is 0.756 e. The van der Waals surface area contributed by atoms with Crippen LogP contribution in [0, 0.1) is 0 Å². The summed E-state index contributed by atoms with van der Waals surface area (Å²) in [4.78, 5) is 45.5. The zero-order chi connectivity index (χ0) is 32.0. The van der Waals surface area contributed by atoms with E-state index in [0.717, 1.165) is 6.33 Å². The van der Waals surface area contributed by atoms with Gasteiger partial charge in [0.05, 0.1) is 19.5 Å². The summed E-state index contributed by atoms with van der Waals surface area (Å²) in [5.74, 6) is -0.729. The number of nitrogen functional groups attached to an aromatic ring is 1. The first-order valence-corrected chi connectivity index (χ1v) is 15.5. The van der Waals surface area contributed by atoms with Crippen molar-refractivity contribution >= 4 is 38.5 Å². The number of phosphoric ester groups is 2. The summed E-state index contributed by atoms with van der Waals surface area (Å²) in [6.07, 6.45) is -7.05. The quantitative estimate of drug-likeness (QED) is 0.0768. The van der Waals surface area contributed by atoms with Crippen molar-refractivity contribution in [2.45, 2.75) is 49.1 Å². The van der Waals surface area contributed by atoms with Crippen molar-refractivity contribution in [2.24, 2.45) is 5.73 Å². The second kappa shape index (κ2) is 12.4. The number of hydrogen-bond acceptors (Lipinski definition) is 17. The molecular formula is C21H27N7O14P2. The minimum absolute atomic E-state index is 0.0446. The van der Waals surface area contributed by atoms with E-state index < -0.39 is 83.8 Å². The lowest BCUT2D eigenvalue weighted by atomic mass is 10.1. The first-order valence-electron chi connectivity index (χ1n) is 12.6. The SMILES string of the molecule is NC(=O)c1ccc[n+]([C@H]2O[C@@H](COP(=O)([O-])OP(=O)(O)OC[C@H]3O[C@@H](n4cnc5c(N)ncnc54)C(O)[C@H]3O)C(O)[C@H]2O)c1. The van der Waals surface area contributed by atoms with Crippen molar-refractivity contribution in [2.75, 3.05) is 18.9 Å². The summed E-state index contributed by atoms with van der Waals surface area (Å²) < 4.78 is 51.5. The third-order valence-electron chi connectivity index (χ3n) is 6.74. The molecule has 2 aliphatic rings. The Morgan fingerprint density at radius 3 is 2.45 bits per heavy atom. The number of nitrogens with two attached hydrogens (primary N) is 2. The highest BCUT2D eigenvalue weighted by Gasteiger charge is 2.49. The van der Waals surface area contributed by atoms with Gasteiger partial charge in [0.1, 0.15) is 47.9 Å². The number of pyridine rings is 1. The molecule has 1 amide bonds. The fraction of sp³-hybridized carbons (Fsp3) is 0.476. The molecule has 4 unspecified atom stereocenters. The van der Waals surface area contributed by atoms with Crippen LogP contribution in [-0.2, 0) is 32.0 Å². The van der Waals surface area contributed by atoms with E-state index in [0.29, 0.717) is 0 Å². The Kier molecular flexibility index (Phi) is 9.13. The van der Waals surface area contributed by atoms with Gasteiger partial charge in [-0.05, 0) is 6.07 Å². The van der Waals surface area contributed by atoms with Crippen LogP contribution < -0.4 is 20.9 Å². The first-order chi connectivity index (χ1) is 20.7. The van der Waals surface area contributed by atoms with E-state index >= 15 is 0 Å². The van der Waals surface area contributed by atoms with Gasteiger partial charge in [0, 0.05) is 6.07 Å². The number of fused-ring (bicyclic) bond motifs is 1. The zero-order valence-electron chi connectivity index (χ0n) is 22.2. The van der Waals surface area contributed by atoms with E-state index in [-0.39, 0.29) is 22.5 Å². The number of carbonyl (C=O) groups excluding carboxylic acids is 1. The standard InChI is InChI=1S/C21H27N7O14P2/c22-17-12-19(25-7-24-17)28(8-26-12)21-16(32)14(30)11(41-21)6-39-44(36,37)42-43(34,35)38-5-10-13(29)15(31)20(40-10)27-3-1-2-9(4-27)18(23)33/h1-4,7-8,10-11,13-16,20-21,29-32H,5-6H2,(H5-,22,23,24,25,33,34,35,36,37)/t10-,11+,13?,14-,15+,16?,20-,21+/m0/s1. The molecule has 5 heterocycles. The number of amides is 1. The average Bonchev–Trinajstić information content (AvgIpc) is 3.61. The maximum atomic E-state index is 12.4. The summed E-state index contributed by atoms with van der Waals surface area (Å²) >= 11 is 0. The normalized spacial score (nSPS) is 31.6. The third kappa shape index (κ3) is 6.65. The molecule has 3 aromatic heterocycles. The molecule has 0 radical (unpaired) electrons. The molecule has 21 nitrogen and oxygen atoms in total. The van der Waals surface area contributed by atoms with Crippen molar-refractivity contribution in [3.8, 4) is 0 Å². The number of phosphoric acid groups is 2. The lowest BCUT2D eigenvalue weighted by molar-refractivity contribution is -0.765. The molecule has 23 heteroatoms. The molecule has 2 fully saturated rings. The van der Waals surface area contributed by atoms with Crippen LogP contribution in [-0.4, -0.2) is 101 Å². The highest BCUT2D eigenvalue weighted by molar-refractivity contribution is 7.60.